The molecule has 14 heteroatoms. The summed E-state index contributed by atoms with van der Waals surface area (Å²) in [5.41, 5.74) is 0. The molecule has 6 atom stereocenters. The number of nitrogens with one attached hydrogen (secondary N) is 4. The van der Waals surface area contributed by atoms with Crippen molar-refractivity contribution in [1.29, 1.82) is 0 Å². The SMILES string of the molecule is Cc1nc(Nc2ncc(C(=O)NC3C(C)CCCC3Cl)s2)cc(Nc2ncc(C(=O)NC3C(C)CCCC3Cl)s2)n1. The van der Waals surface area contributed by atoms with Crippen molar-refractivity contribution in [1.82, 2.24) is 30.6 Å². The zero-order chi connectivity index (χ0) is 29.1. The topological polar surface area (TPSA) is 134 Å². The highest BCUT2D eigenvalue weighted by Crippen LogP contribution is 2.31. The number of aromatic nitrogens is 4. The van der Waals surface area contributed by atoms with E-state index in [1.807, 2.05) is 0 Å². The van der Waals surface area contributed by atoms with Crippen LogP contribution in [0.3, 0.4) is 0 Å². The normalized spacial score (nSPS) is 26.3. The van der Waals surface area contributed by atoms with Crippen LogP contribution in [0.5, 0.6) is 0 Å². The van der Waals surface area contributed by atoms with Crippen molar-refractivity contribution in [2.45, 2.75) is 82.1 Å². The predicted molar refractivity (Wildman–Crippen MR) is 165 cm³/mol. The third kappa shape index (κ3) is 7.46. The lowest BCUT2D eigenvalue weighted by Gasteiger charge is -2.33. The van der Waals surface area contributed by atoms with Gasteiger partial charge in [-0.3, -0.25) is 9.59 Å². The molecule has 2 saturated carbocycles. The summed E-state index contributed by atoms with van der Waals surface area (Å²) in [6.45, 7) is 6.02. The predicted octanol–water partition coefficient (Wildman–Crippen LogP) is 6.24. The molecule has 0 saturated heterocycles. The third-order valence-electron chi connectivity index (χ3n) is 7.65. The van der Waals surface area contributed by atoms with Crippen LogP contribution in [0.1, 0.15) is 77.5 Å². The van der Waals surface area contributed by atoms with Crippen LogP contribution in [0, 0.1) is 18.8 Å². The first kappa shape index (κ1) is 29.9. The van der Waals surface area contributed by atoms with Gasteiger partial charge < -0.3 is 21.3 Å². The van der Waals surface area contributed by atoms with Crippen LogP contribution < -0.4 is 21.3 Å². The fraction of sp³-hybridized carbons (Fsp3) is 0.556. The monoisotopic (exact) mass is 636 g/mol. The van der Waals surface area contributed by atoms with Gasteiger partial charge in [0.1, 0.15) is 27.2 Å². The highest BCUT2D eigenvalue weighted by atomic mass is 35.5. The molecular formula is C27H34Cl2N8O2S2. The molecule has 0 bridgehead atoms. The quantitative estimate of drug-likeness (QED) is 0.214. The smallest absolute Gasteiger partial charge is 0.263 e. The van der Waals surface area contributed by atoms with Gasteiger partial charge in [-0.15, -0.1) is 23.2 Å². The van der Waals surface area contributed by atoms with E-state index in [-0.39, 0.29) is 34.7 Å². The van der Waals surface area contributed by atoms with Crippen molar-refractivity contribution in [2.75, 3.05) is 10.6 Å². The Morgan fingerprint density at radius 2 is 1.22 bits per heavy atom. The maximum absolute atomic E-state index is 12.9. The minimum absolute atomic E-state index is 0.0555. The molecule has 3 heterocycles. The second kappa shape index (κ2) is 13.2. The minimum Gasteiger partial charge on any atom is -0.347 e. The van der Waals surface area contributed by atoms with E-state index in [9.17, 15) is 9.59 Å². The molecule has 2 fully saturated rings. The largest absolute Gasteiger partial charge is 0.347 e. The molecule has 220 valence electrons. The van der Waals surface area contributed by atoms with Crippen molar-refractivity contribution in [3.63, 3.8) is 0 Å². The van der Waals surface area contributed by atoms with Gasteiger partial charge in [0, 0.05) is 18.2 Å². The van der Waals surface area contributed by atoms with Gasteiger partial charge in [-0.2, -0.15) is 0 Å². The molecule has 0 spiro atoms. The Morgan fingerprint density at radius 3 is 1.63 bits per heavy atom. The Labute approximate surface area is 257 Å². The summed E-state index contributed by atoms with van der Waals surface area (Å²) in [5, 5.41) is 13.4. The fourth-order valence-corrected chi connectivity index (χ4v) is 7.78. The highest BCUT2D eigenvalue weighted by Gasteiger charge is 2.32. The van der Waals surface area contributed by atoms with E-state index < -0.39 is 0 Å². The second-order valence-corrected chi connectivity index (χ2v) is 14.0. The summed E-state index contributed by atoms with van der Waals surface area (Å²) >= 11 is 15.5. The van der Waals surface area contributed by atoms with E-state index in [2.05, 4.69) is 55.1 Å². The van der Waals surface area contributed by atoms with E-state index >= 15 is 0 Å². The average molecular weight is 638 g/mol. The molecule has 4 N–H and O–H groups in total. The first-order chi connectivity index (χ1) is 19.7. The van der Waals surface area contributed by atoms with Crippen molar-refractivity contribution in [3.05, 3.63) is 34.0 Å². The van der Waals surface area contributed by atoms with Crippen LogP contribution in [0.15, 0.2) is 18.5 Å². The van der Waals surface area contributed by atoms with Crippen LogP contribution >= 0.6 is 45.9 Å². The molecule has 2 amide bonds. The number of amides is 2. The number of alkyl halides is 2. The first-order valence-corrected chi connectivity index (χ1v) is 16.4. The molecule has 41 heavy (non-hydrogen) atoms. The lowest BCUT2D eigenvalue weighted by atomic mass is 9.85. The lowest BCUT2D eigenvalue weighted by Crippen LogP contribution is -2.47. The number of rotatable bonds is 8. The number of hydrogen-bond donors (Lipinski definition) is 4. The summed E-state index contributed by atoms with van der Waals surface area (Å²) in [4.78, 5) is 44.3. The first-order valence-electron chi connectivity index (χ1n) is 13.9. The number of carbonyl (C=O) groups excluding carboxylic acids is 2. The molecule has 0 aliphatic heterocycles. The van der Waals surface area contributed by atoms with Crippen LogP contribution in [0.2, 0.25) is 0 Å². The summed E-state index contributed by atoms with van der Waals surface area (Å²) in [6, 6.07) is 1.61. The van der Waals surface area contributed by atoms with Gasteiger partial charge in [0.05, 0.1) is 23.1 Å². The van der Waals surface area contributed by atoms with E-state index in [1.54, 1.807) is 25.4 Å². The second-order valence-electron chi connectivity index (χ2n) is 10.8. The Kier molecular flexibility index (Phi) is 9.63. The van der Waals surface area contributed by atoms with Gasteiger partial charge >= 0.3 is 0 Å². The molecule has 5 rings (SSSR count). The van der Waals surface area contributed by atoms with Gasteiger partial charge in [0.25, 0.3) is 11.8 Å². The Bertz CT molecular complexity index is 1270. The van der Waals surface area contributed by atoms with E-state index in [1.165, 1.54) is 22.7 Å². The maximum atomic E-state index is 12.9. The standard InChI is InChI=1S/C27H34Cl2N8O2S2/c1-13-6-4-8-16(28)22(13)36-24(38)18-11-30-26(40-18)34-20-10-21(33-15(3)32-20)35-27-31-12-19(41-27)25(39)37-23-14(2)7-5-9-17(23)29/h10-14,16-17,22-23H,4-9H2,1-3H3,(H,36,38)(H,37,39)(H2,30,31,32,33,34,35). The molecule has 3 aromatic heterocycles. The van der Waals surface area contributed by atoms with Gasteiger partial charge in [-0.1, -0.05) is 49.4 Å². The number of aryl methyl sites for hydroxylation is 1. The average Bonchev–Trinajstić information content (AvgIpc) is 3.58. The summed E-state index contributed by atoms with van der Waals surface area (Å²) in [5.74, 6) is 1.86. The van der Waals surface area contributed by atoms with Crippen LogP contribution in [-0.4, -0.2) is 54.6 Å². The minimum atomic E-state index is -0.177. The molecule has 3 aromatic rings. The molecule has 2 aliphatic carbocycles. The fourth-order valence-electron chi connectivity index (χ4n) is 5.40. The van der Waals surface area contributed by atoms with Crippen LogP contribution in [0.25, 0.3) is 0 Å². The molecule has 10 nitrogen and oxygen atoms in total. The maximum Gasteiger partial charge on any atom is 0.263 e. The van der Waals surface area contributed by atoms with Crippen molar-refractivity contribution < 1.29 is 9.59 Å². The Hall–Kier alpha value is -2.54. The van der Waals surface area contributed by atoms with Crippen LogP contribution in [-0.2, 0) is 0 Å². The van der Waals surface area contributed by atoms with Gasteiger partial charge in [-0.05, 0) is 44.4 Å². The summed E-state index contributed by atoms with van der Waals surface area (Å²) in [7, 11) is 0. The molecular weight excluding hydrogens is 603 g/mol. The van der Waals surface area contributed by atoms with Crippen LogP contribution in [0.4, 0.5) is 21.9 Å². The number of anilines is 4. The zero-order valence-corrected chi connectivity index (χ0v) is 26.3. The number of hydrogen-bond acceptors (Lipinski definition) is 10. The molecule has 2 aliphatic rings. The van der Waals surface area contributed by atoms with Crippen molar-refractivity contribution >= 4 is 79.6 Å². The Balaban J connectivity index is 1.20. The van der Waals surface area contributed by atoms with Crippen molar-refractivity contribution in [2.24, 2.45) is 11.8 Å². The van der Waals surface area contributed by atoms with E-state index in [4.69, 9.17) is 23.2 Å². The zero-order valence-electron chi connectivity index (χ0n) is 23.1. The van der Waals surface area contributed by atoms with E-state index in [0.29, 0.717) is 49.3 Å². The number of thiazole rings is 2. The number of carbonyl (C=O) groups is 2. The summed E-state index contributed by atoms with van der Waals surface area (Å²) in [6.07, 6.45) is 9.18. The van der Waals surface area contributed by atoms with Gasteiger partial charge in [0.2, 0.25) is 0 Å². The Morgan fingerprint density at radius 1 is 0.780 bits per heavy atom. The highest BCUT2D eigenvalue weighted by molar-refractivity contribution is 7.17. The molecule has 6 unspecified atom stereocenters. The van der Waals surface area contributed by atoms with Gasteiger partial charge in [-0.25, -0.2) is 19.9 Å². The molecule has 0 aromatic carbocycles. The van der Waals surface area contributed by atoms with E-state index in [0.717, 1.165) is 38.5 Å². The summed E-state index contributed by atoms with van der Waals surface area (Å²) < 4.78 is 0. The number of halogens is 2. The third-order valence-corrected chi connectivity index (χ3v) is 10.4. The van der Waals surface area contributed by atoms with Gasteiger partial charge in [0.15, 0.2) is 10.3 Å². The number of nitrogens with zero attached hydrogens (tertiary/aromatic N) is 4. The van der Waals surface area contributed by atoms with Crippen molar-refractivity contribution in [3.8, 4) is 0 Å². The molecule has 0 radical (unpaired) electrons. The lowest BCUT2D eigenvalue weighted by molar-refractivity contribution is 0.0908.